The summed E-state index contributed by atoms with van der Waals surface area (Å²) >= 11 is 12.3. The van der Waals surface area contributed by atoms with E-state index in [0.717, 1.165) is 5.56 Å². The van der Waals surface area contributed by atoms with E-state index in [-0.39, 0.29) is 22.5 Å². The lowest BCUT2D eigenvalue weighted by molar-refractivity contribution is -0.192. The lowest BCUT2D eigenvalue weighted by Crippen LogP contribution is -2.27. The number of halogens is 5. The van der Waals surface area contributed by atoms with Crippen LogP contribution in [0.2, 0.25) is 10.2 Å². The summed E-state index contributed by atoms with van der Waals surface area (Å²) < 4.78 is 36.4. The topological polar surface area (TPSA) is 191 Å². The molecule has 268 valence electrons. The maximum atomic E-state index is 13.8. The normalized spacial score (nSPS) is 16.1. The highest BCUT2D eigenvalue weighted by atomic mass is 35.5. The summed E-state index contributed by atoms with van der Waals surface area (Å²) in [6.07, 6.45) is 6.48. The van der Waals surface area contributed by atoms with E-state index in [4.69, 9.17) is 38.2 Å². The summed E-state index contributed by atoms with van der Waals surface area (Å²) in [6, 6.07) is 9.93. The molecular formula is C32H26Cl2F3N11O4. The van der Waals surface area contributed by atoms with Gasteiger partial charge in [0.05, 0.1) is 60.0 Å². The molecule has 2 atom stereocenters. The molecule has 1 aromatic carbocycles. The van der Waals surface area contributed by atoms with Crippen molar-refractivity contribution in [3.8, 4) is 34.0 Å². The average Bonchev–Trinajstić information content (AvgIpc) is 3.88. The Bertz CT molecular complexity index is 2300. The molecule has 15 nitrogen and oxygen atoms in total. The molecule has 1 aliphatic rings. The van der Waals surface area contributed by atoms with Crippen LogP contribution in [-0.2, 0) is 9.59 Å². The van der Waals surface area contributed by atoms with E-state index in [1.54, 1.807) is 58.6 Å². The molecule has 0 fully saturated rings. The van der Waals surface area contributed by atoms with Crippen molar-refractivity contribution in [2.75, 3.05) is 5.32 Å². The minimum Gasteiger partial charge on any atom is -0.475 e. The molecule has 52 heavy (non-hydrogen) atoms. The highest BCUT2D eigenvalue weighted by Gasteiger charge is 2.38. The predicted molar refractivity (Wildman–Crippen MR) is 181 cm³/mol. The average molecular weight is 757 g/mol. The van der Waals surface area contributed by atoms with E-state index in [9.17, 15) is 22.8 Å². The number of hydrogen-bond donors (Lipinski definition) is 3. The van der Waals surface area contributed by atoms with Crippen molar-refractivity contribution in [3.63, 3.8) is 0 Å². The first-order valence-electron chi connectivity index (χ1n) is 15.4. The molecule has 0 unspecified atom stereocenters. The molecule has 1 amide bonds. The van der Waals surface area contributed by atoms with Gasteiger partial charge in [0, 0.05) is 34.3 Å². The quantitative estimate of drug-likeness (QED) is 0.200. The van der Waals surface area contributed by atoms with E-state index in [1.807, 2.05) is 19.1 Å². The molecule has 3 N–H and O–H groups in total. The third-order valence-corrected chi connectivity index (χ3v) is 8.43. The third kappa shape index (κ3) is 7.87. The molecular weight excluding hydrogens is 730 g/mol. The highest BCUT2D eigenvalue weighted by molar-refractivity contribution is 6.31. The Labute approximate surface area is 301 Å². The van der Waals surface area contributed by atoms with Gasteiger partial charge in [-0.25, -0.2) is 24.1 Å². The van der Waals surface area contributed by atoms with Crippen LogP contribution < -0.4 is 10.9 Å². The SMILES string of the molecule is C[C@@H]1CCC[C@H](n2cnc(-c3cc(Cl)ccc3-n3cc(Cl)nn3)cc2=O)c2cc(ccn2)-c2nn(-c3cnc[nH]3)cc2NC1=O.O=C(O)C(F)(F)F. The predicted octanol–water partition coefficient (Wildman–Crippen LogP) is 5.75. The summed E-state index contributed by atoms with van der Waals surface area (Å²) in [7, 11) is 0. The lowest BCUT2D eigenvalue weighted by atomic mass is 9.97. The number of aromatic amines is 1. The number of carbonyl (C=O) groups is 2. The number of fused-ring (bicyclic) bond motifs is 4. The molecule has 6 heterocycles. The van der Waals surface area contributed by atoms with Crippen LogP contribution in [0, 0.1) is 5.92 Å². The molecule has 20 heteroatoms. The number of aliphatic carboxylic acids is 1. The number of carboxylic acid groups (broad SMARTS) is 1. The number of amides is 1. The van der Waals surface area contributed by atoms with Crippen LogP contribution in [-0.4, -0.2) is 72.4 Å². The number of aromatic nitrogens is 10. The molecule has 0 saturated heterocycles. The van der Waals surface area contributed by atoms with Crippen LogP contribution in [0.25, 0.3) is 34.0 Å². The number of carboxylic acids is 1. The Morgan fingerprint density at radius 3 is 2.50 bits per heavy atom. The van der Waals surface area contributed by atoms with Crippen molar-refractivity contribution in [1.82, 2.24) is 49.3 Å². The zero-order valence-electron chi connectivity index (χ0n) is 26.8. The number of alkyl halides is 3. The van der Waals surface area contributed by atoms with Crippen molar-refractivity contribution < 1.29 is 27.9 Å². The molecule has 0 radical (unpaired) electrons. The van der Waals surface area contributed by atoms with Crippen LogP contribution in [0.3, 0.4) is 0 Å². The Balaban J connectivity index is 0.000000604. The number of imidazole rings is 1. The number of benzene rings is 1. The van der Waals surface area contributed by atoms with Gasteiger partial charge in [0.2, 0.25) is 5.91 Å². The maximum absolute atomic E-state index is 13.8. The molecule has 0 spiro atoms. The van der Waals surface area contributed by atoms with Crippen molar-refractivity contribution in [3.05, 3.63) is 100 Å². The lowest BCUT2D eigenvalue weighted by Gasteiger charge is -2.22. The number of hydrogen-bond acceptors (Lipinski definition) is 9. The first-order chi connectivity index (χ1) is 24.8. The minimum atomic E-state index is -5.08. The fourth-order valence-corrected chi connectivity index (χ4v) is 5.75. The van der Waals surface area contributed by atoms with E-state index in [1.165, 1.54) is 17.1 Å². The zero-order chi connectivity index (χ0) is 37.2. The number of carbonyl (C=O) groups excluding carboxylic acids is 1. The first-order valence-corrected chi connectivity index (χ1v) is 16.2. The van der Waals surface area contributed by atoms with Crippen molar-refractivity contribution in [2.24, 2.45) is 5.92 Å². The molecule has 7 rings (SSSR count). The second-order valence-corrected chi connectivity index (χ2v) is 12.4. The fourth-order valence-electron chi connectivity index (χ4n) is 5.45. The van der Waals surface area contributed by atoms with E-state index in [2.05, 4.69) is 35.6 Å². The van der Waals surface area contributed by atoms with Crippen LogP contribution in [0.15, 0.2) is 78.6 Å². The monoisotopic (exact) mass is 755 g/mol. The molecule has 2 bridgehead atoms. The highest BCUT2D eigenvalue weighted by Crippen LogP contribution is 2.33. The van der Waals surface area contributed by atoms with Gasteiger partial charge in [-0.05, 0) is 43.2 Å². The van der Waals surface area contributed by atoms with Gasteiger partial charge in [0.15, 0.2) is 11.0 Å². The smallest absolute Gasteiger partial charge is 0.475 e. The summed E-state index contributed by atoms with van der Waals surface area (Å²) in [6.45, 7) is 1.89. The number of pyridine rings is 1. The summed E-state index contributed by atoms with van der Waals surface area (Å²) in [5, 5.41) is 23.5. The van der Waals surface area contributed by atoms with Crippen LogP contribution >= 0.6 is 23.2 Å². The fraction of sp³-hybridized carbons (Fsp3) is 0.219. The number of nitrogens with zero attached hydrogens (tertiary/aromatic N) is 9. The second kappa shape index (κ2) is 14.8. The largest absolute Gasteiger partial charge is 0.490 e. The van der Waals surface area contributed by atoms with Crippen LogP contribution in [0.1, 0.15) is 37.9 Å². The Morgan fingerprint density at radius 1 is 1.04 bits per heavy atom. The number of rotatable bonds is 4. The maximum Gasteiger partial charge on any atom is 0.490 e. The molecule has 1 aliphatic heterocycles. The van der Waals surface area contributed by atoms with Gasteiger partial charge in [-0.1, -0.05) is 41.8 Å². The standard InChI is InChI=1S/C30H25Cl2N11O2.C2HF3O2/c1-17-3-2-4-25(22-9-18(7-8-34-22)29-23(37-30(17)45)13-43(39-29)27-12-33-15-35-27)41-16-36-21(11-28(41)44)20-10-19(31)5-6-24(20)42-14-26(32)38-40-42;3-2(4,5)1(6)7/h5-17,25H,2-4H2,1H3,(H,33,35)(H,37,45);(H,6,7)/t17-,25+;/m1./s1. The van der Waals surface area contributed by atoms with Gasteiger partial charge in [0.1, 0.15) is 5.69 Å². The van der Waals surface area contributed by atoms with Crippen LogP contribution in [0.5, 0.6) is 0 Å². The Hall–Kier alpha value is -5.88. The Morgan fingerprint density at radius 2 is 1.83 bits per heavy atom. The molecule has 6 aromatic rings. The first kappa shape index (κ1) is 35.9. The summed E-state index contributed by atoms with van der Waals surface area (Å²) in [5.74, 6) is -2.49. The number of anilines is 1. The summed E-state index contributed by atoms with van der Waals surface area (Å²) in [4.78, 5) is 52.3. The number of nitrogens with one attached hydrogen (secondary N) is 2. The van der Waals surface area contributed by atoms with Gasteiger partial charge >= 0.3 is 12.1 Å². The van der Waals surface area contributed by atoms with Crippen molar-refractivity contribution >= 4 is 40.8 Å². The van der Waals surface area contributed by atoms with Crippen LogP contribution in [0.4, 0.5) is 18.9 Å². The third-order valence-electron chi connectivity index (χ3n) is 8.02. The molecule has 5 aromatic heterocycles. The number of H-pyrrole nitrogens is 1. The van der Waals surface area contributed by atoms with E-state index < -0.39 is 18.2 Å². The van der Waals surface area contributed by atoms with Gasteiger partial charge in [-0.15, -0.1) is 5.10 Å². The minimum absolute atomic E-state index is 0.110. The van der Waals surface area contributed by atoms with Gasteiger partial charge in [0.25, 0.3) is 5.56 Å². The van der Waals surface area contributed by atoms with Crippen molar-refractivity contribution in [1.29, 1.82) is 0 Å². The van der Waals surface area contributed by atoms with E-state index >= 15 is 0 Å². The van der Waals surface area contributed by atoms with Gasteiger partial charge < -0.3 is 15.4 Å². The van der Waals surface area contributed by atoms with E-state index in [0.29, 0.717) is 64.1 Å². The molecule has 0 saturated carbocycles. The van der Waals surface area contributed by atoms with Crippen molar-refractivity contribution in [2.45, 2.75) is 38.4 Å². The van der Waals surface area contributed by atoms with Gasteiger partial charge in [-0.3, -0.25) is 19.1 Å². The molecule has 0 aliphatic carbocycles. The Kier molecular flexibility index (Phi) is 10.2. The zero-order valence-corrected chi connectivity index (χ0v) is 28.3. The summed E-state index contributed by atoms with van der Waals surface area (Å²) in [5.41, 5.74) is 3.87. The van der Waals surface area contributed by atoms with Gasteiger partial charge in [-0.2, -0.15) is 18.3 Å². The second-order valence-electron chi connectivity index (χ2n) is 11.5.